The van der Waals surface area contributed by atoms with E-state index in [2.05, 4.69) is 17.1 Å². The average Bonchev–Trinajstić information content (AvgIpc) is 3.34. The van der Waals surface area contributed by atoms with Crippen LogP contribution in [0.5, 0.6) is 0 Å². The Morgan fingerprint density at radius 2 is 2.07 bits per heavy atom. The Bertz CT molecular complexity index is 1040. The van der Waals surface area contributed by atoms with Gasteiger partial charge < -0.3 is 4.90 Å². The number of piperidine rings is 1. The van der Waals surface area contributed by atoms with Gasteiger partial charge in [0.2, 0.25) is 5.91 Å². The number of carbonyl (C=O) groups excluding carboxylic acids is 1. The lowest BCUT2D eigenvalue weighted by Crippen LogP contribution is -2.48. The number of nitrogens with zero attached hydrogens (tertiary/aromatic N) is 4. The maximum absolute atomic E-state index is 13.1. The first-order valence-corrected chi connectivity index (χ1v) is 11.1. The maximum Gasteiger partial charge on any atom is 0.228 e. The minimum Gasteiger partial charge on any atom is -0.341 e. The van der Waals surface area contributed by atoms with Gasteiger partial charge in [-0.2, -0.15) is 0 Å². The van der Waals surface area contributed by atoms with Crippen molar-refractivity contribution in [2.45, 2.75) is 44.4 Å². The SMILES string of the molecule is Cc1ncc2c(n1)C1(CCCN(C(=O)Cc3csc(-c4ccccc4)n3)C1)CC2. The molecule has 3 heterocycles. The van der Waals surface area contributed by atoms with Crippen molar-refractivity contribution < 1.29 is 4.79 Å². The first-order chi connectivity index (χ1) is 14.1. The zero-order chi connectivity index (χ0) is 19.8. The summed E-state index contributed by atoms with van der Waals surface area (Å²) in [6.45, 7) is 3.55. The molecule has 1 atom stereocenters. The van der Waals surface area contributed by atoms with Crippen LogP contribution in [-0.4, -0.2) is 38.8 Å². The molecule has 1 fully saturated rings. The number of amides is 1. The fraction of sp³-hybridized carbons (Fsp3) is 0.391. The number of aryl methyl sites for hydroxylation is 2. The molecule has 1 aromatic carbocycles. The molecular weight excluding hydrogens is 380 g/mol. The molecule has 1 saturated heterocycles. The van der Waals surface area contributed by atoms with Gasteiger partial charge in [0.05, 0.1) is 17.8 Å². The third-order valence-electron chi connectivity index (χ3n) is 6.19. The molecule has 1 aliphatic carbocycles. The number of carbonyl (C=O) groups is 1. The normalized spacial score (nSPS) is 20.8. The minimum absolute atomic E-state index is 0.00815. The molecule has 0 saturated carbocycles. The first kappa shape index (κ1) is 18.4. The van der Waals surface area contributed by atoms with E-state index < -0.39 is 0 Å². The van der Waals surface area contributed by atoms with Crippen LogP contribution >= 0.6 is 11.3 Å². The van der Waals surface area contributed by atoms with Gasteiger partial charge >= 0.3 is 0 Å². The zero-order valence-electron chi connectivity index (χ0n) is 16.6. The second-order valence-corrected chi connectivity index (χ2v) is 9.04. The van der Waals surface area contributed by atoms with Crippen molar-refractivity contribution >= 4 is 17.2 Å². The van der Waals surface area contributed by atoms with Crippen LogP contribution in [0.4, 0.5) is 0 Å². The predicted molar refractivity (Wildman–Crippen MR) is 114 cm³/mol. The fourth-order valence-corrected chi connectivity index (χ4v) is 5.57. The minimum atomic E-state index is 0.00815. The van der Waals surface area contributed by atoms with Crippen LogP contribution in [0.2, 0.25) is 0 Å². The summed E-state index contributed by atoms with van der Waals surface area (Å²) in [5, 5.41) is 2.99. The highest BCUT2D eigenvalue weighted by Gasteiger charge is 2.44. The monoisotopic (exact) mass is 404 g/mol. The largest absolute Gasteiger partial charge is 0.341 e. The van der Waals surface area contributed by atoms with Crippen molar-refractivity contribution in [1.82, 2.24) is 19.9 Å². The van der Waals surface area contributed by atoms with Gasteiger partial charge in [-0.15, -0.1) is 11.3 Å². The van der Waals surface area contributed by atoms with Gasteiger partial charge in [0.25, 0.3) is 0 Å². The first-order valence-electron chi connectivity index (χ1n) is 10.2. The second kappa shape index (κ2) is 7.34. The molecule has 3 aromatic rings. The Morgan fingerprint density at radius 1 is 1.21 bits per heavy atom. The molecule has 0 N–H and O–H groups in total. The van der Waals surface area contributed by atoms with Gasteiger partial charge in [-0.1, -0.05) is 30.3 Å². The number of hydrogen-bond acceptors (Lipinski definition) is 5. The van der Waals surface area contributed by atoms with Crippen molar-refractivity contribution in [3.63, 3.8) is 0 Å². The molecule has 5 rings (SSSR count). The van der Waals surface area contributed by atoms with Crippen LogP contribution in [0.25, 0.3) is 10.6 Å². The Morgan fingerprint density at radius 3 is 2.93 bits per heavy atom. The van der Waals surface area contributed by atoms with E-state index in [1.165, 1.54) is 11.3 Å². The van der Waals surface area contributed by atoms with Gasteiger partial charge in [0.1, 0.15) is 10.8 Å². The van der Waals surface area contributed by atoms with Crippen molar-refractivity contribution in [1.29, 1.82) is 0 Å². The lowest BCUT2D eigenvalue weighted by Gasteiger charge is -2.40. The summed E-state index contributed by atoms with van der Waals surface area (Å²) in [6, 6.07) is 10.1. The highest BCUT2D eigenvalue weighted by molar-refractivity contribution is 7.13. The summed E-state index contributed by atoms with van der Waals surface area (Å²) in [5.41, 5.74) is 4.42. The van der Waals surface area contributed by atoms with E-state index in [9.17, 15) is 4.79 Å². The Hall–Kier alpha value is -2.60. The van der Waals surface area contributed by atoms with Crippen molar-refractivity contribution in [2.75, 3.05) is 13.1 Å². The van der Waals surface area contributed by atoms with Gasteiger partial charge in [-0.3, -0.25) is 4.79 Å². The van der Waals surface area contributed by atoms with E-state index in [-0.39, 0.29) is 11.3 Å². The van der Waals surface area contributed by atoms with Gasteiger partial charge in [-0.25, -0.2) is 15.0 Å². The molecule has 6 heteroatoms. The van der Waals surface area contributed by atoms with E-state index in [0.29, 0.717) is 6.42 Å². The number of fused-ring (bicyclic) bond motifs is 2. The van der Waals surface area contributed by atoms with Crippen molar-refractivity contribution in [3.05, 3.63) is 64.7 Å². The molecule has 1 spiro atoms. The zero-order valence-corrected chi connectivity index (χ0v) is 17.4. The summed E-state index contributed by atoms with van der Waals surface area (Å²) in [6.07, 6.45) is 6.57. The molecule has 1 aliphatic heterocycles. The summed E-state index contributed by atoms with van der Waals surface area (Å²) < 4.78 is 0. The molecule has 5 nitrogen and oxygen atoms in total. The standard InChI is InChI=1S/C23H24N4OS/c1-16-24-13-18-8-10-23(21(18)25-16)9-5-11-27(15-23)20(28)12-19-14-29-22(26-19)17-6-3-2-4-7-17/h2-4,6-7,13-14H,5,8-12,15H2,1H3. The predicted octanol–water partition coefficient (Wildman–Crippen LogP) is 3.96. The molecule has 2 aromatic heterocycles. The van der Waals surface area contributed by atoms with Gasteiger partial charge in [0.15, 0.2) is 0 Å². The molecule has 0 bridgehead atoms. The Labute approximate surface area is 174 Å². The third kappa shape index (κ3) is 3.46. The summed E-state index contributed by atoms with van der Waals surface area (Å²) in [5.74, 6) is 0.998. The number of rotatable bonds is 3. The number of hydrogen-bond donors (Lipinski definition) is 0. The van der Waals surface area contributed by atoms with Crippen LogP contribution in [0.3, 0.4) is 0 Å². The van der Waals surface area contributed by atoms with E-state index in [1.54, 1.807) is 11.3 Å². The highest BCUT2D eigenvalue weighted by Crippen LogP contribution is 2.43. The lowest BCUT2D eigenvalue weighted by atomic mass is 9.77. The highest BCUT2D eigenvalue weighted by atomic mass is 32.1. The summed E-state index contributed by atoms with van der Waals surface area (Å²) >= 11 is 1.60. The molecule has 29 heavy (non-hydrogen) atoms. The molecule has 148 valence electrons. The third-order valence-corrected chi connectivity index (χ3v) is 7.13. The van der Waals surface area contributed by atoms with E-state index in [0.717, 1.165) is 60.9 Å². The van der Waals surface area contributed by atoms with E-state index >= 15 is 0 Å². The quantitative estimate of drug-likeness (QED) is 0.663. The van der Waals surface area contributed by atoms with Crippen LogP contribution in [-0.2, 0) is 23.1 Å². The van der Waals surface area contributed by atoms with Crippen LogP contribution in [0, 0.1) is 6.92 Å². The number of thiazole rings is 1. The van der Waals surface area contributed by atoms with E-state index in [4.69, 9.17) is 9.97 Å². The molecule has 1 unspecified atom stereocenters. The van der Waals surface area contributed by atoms with E-state index in [1.807, 2.05) is 41.6 Å². The summed E-state index contributed by atoms with van der Waals surface area (Å²) in [7, 11) is 0. The average molecular weight is 405 g/mol. The molecule has 2 aliphatic rings. The molecular formula is C23H24N4OS. The number of aromatic nitrogens is 3. The Balaban J connectivity index is 1.32. The lowest BCUT2D eigenvalue weighted by molar-refractivity contribution is -0.132. The second-order valence-electron chi connectivity index (χ2n) is 8.18. The van der Waals surface area contributed by atoms with Crippen LogP contribution in [0.1, 0.15) is 42.0 Å². The molecule has 0 radical (unpaired) electrons. The molecule has 1 amide bonds. The van der Waals surface area contributed by atoms with Crippen LogP contribution < -0.4 is 0 Å². The smallest absolute Gasteiger partial charge is 0.228 e. The number of benzene rings is 1. The van der Waals surface area contributed by atoms with Crippen molar-refractivity contribution in [3.8, 4) is 10.6 Å². The van der Waals surface area contributed by atoms with Gasteiger partial charge in [0, 0.05) is 35.6 Å². The summed E-state index contributed by atoms with van der Waals surface area (Å²) in [4.78, 5) is 29.0. The Kier molecular flexibility index (Phi) is 4.66. The fourth-order valence-electron chi connectivity index (χ4n) is 4.74. The topological polar surface area (TPSA) is 59.0 Å². The van der Waals surface area contributed by atoms with Crippen molar-refractivity contribution in [2.24, 2.45) is 0 Å². The van der Waals surface area contributed by atoms with Crippen LogP contribution in [0.15, 0.2) is 41.9 Å². The number of likely N-dealkylation sites (tertiary alicyclic amines) is 1. The van der Waals surface area contributed by atoms with Gasteiger partial charge in [-0.05, 0) is 38.2 Å². The maximum atomic E-state index is 13.1.